The van der Waals surface area contributed by atoms with Crippen LogP contribution in [0, 0.1) is 0 Å². The number of hydrogen-bond acceptors (Lipinski definition) is 6. The van der Waals surface area contributed by atoms with E-state index in [9.17, 15) is 24.9 Å². The monoisotopic (exact) mass is 429 g/mol. The Morgan fingerprint density at radius 1 is 1.17 bits per heavy atom. The summed E-state index contributed by atoms with van der Waals surface area (Å²) >= 11 is 1.51. The summed E-state index contributed by atoms with van der Waals surface area (Å²) in [6.07, 6.45) is -3.37. The molecule has 9 heteroatoms. The number of hydrogen-bond donors (Lipinski definition) is 5. The molecule has 1 aliphatic rings. The molecule has 4 rings (SSSR count). The molecule has 0 aliphatic carbocycles. The predicted octanol–water partition coefficient (Wildman–Crippen LogP) is 0.495. The number of thiophene rings is 1. The van der Waals surface area contributed by atoms with Gasteiger partial charge in [0.2, 0.25) is 0 Å². The van der Waals surface area contributed by atoms with E-state index < -0.39 is 36.2 Å². The van der Waals surface area contributed by atoms with E-state index in [-0.39, 0.29) is 19.5 Å². The zero-order chi connectivity index (χ0) is 21.3. The Morgan fingerprint density at radius 2 is 1.87 bits per heavy atom. The van der Waals surface area contributed by atoms with Crippen LogP contribution in [0.1, 0.15) is 16.1 Å². The smallest absolute Gasteiger partial charge is 0.268 e. The number of β-amino-alcohol motifs (C(OH)–C–C–N with tert-alkyl or cyclic N) is 2. The first-order valence-electron chi connectivity index (χ1n) is 9.66. The number of nitrogens with zero attached hydrogens (tertiary/aromatic N) is 1. The van der Waals surface area contributed by atoms with Crippen molar-refractivity contribution in [1.82, 2.24) is 15.2 Å². The van der Waals surface area contributed by atoms with Crippen LogP contribution in [-0.4, -0.2) is 74.5 Å². The highest BCUT2D eigenvalue weighted by Crippen LogP contribution is 2.21. The number of fused-ring (bicyclic) bond motifs is 1. The summed E-state index contributed by atoms with van der Waals surface area (Å²) in [4.78, 5) is 29.8. The molecule has 0 spiro atoms. The lowest BCUT2D eigenvalue weighted by Crippen LogP contribution is -2.52. The molecule has 0 bridgehead atoms. The summed E-state index contributed by atoms with van der Waals surface area (Å²) in [7, 11) is 0. The van der Waals surface area contributed by atoms with Crippen molar-refractivity contribution in [3.05, 3.63) is 59.1 Å². The topological polar surface area (TPSA) is 126 Å². The van der Waals surface area contributed by atoms with Crippen molar-refractivity contribution in [3.8, 4) is 0 Å². The standard InChI is InChI=1S/C21H23N3O5S/c25-16-10-24(11-17(16)26)21(29)19(27)14(8-12-4-2-1-3-5-12)23-20(28)15-9-18-13(22-15)6-7-30-18/h1-7,9,14,16-17,19,22,25-27H,8,10-11H2,(H,23,28)/t14-,16-,17+,19+/m0/s1. The lowest BCUT2D eigenvalue weighted by molar-refractivity contribution is -0.141. The van der Waals surface area contributed by atoms with E-state index in [2.05, 4.69) is 10.3 Å². The van der Waals surface area contributed by atoms with Gasteiger partial charge in [0.1, 0.15) is 5.69 Å². The molecule has 158 valence electrons. The molecule has 0 unspecified atom stereocenters. The number of H-pyrrole nitrogens is 1. The number of aromatic amines is 1. The number of aliphatic hydroxyl groups is 3. The van der Waals surface area contributed by atoms with Crippen molar-refractivity contribution in [3.63, 3.8) is 0 Å². The van der Waals surface area contributed by atoms with Crippen LogP contribution in [0.2, 0.25) is 0 Å². The lowest BCUT2D eigenvalue weighted by Gasteiger charge is -2.27. The summed E-state index contributed by atoms with van der Waals surface area (Å²) in [5, 5.41) is 34.9. The number of aromatic nitrogens is 1. The Morgan fingerprint density at radius 3 is 2.53 bits per heavy atom. The fourth-order valence-corrected chi connectivity index (χ4v) is 4.42. The number of benzene rings is 1. The molecule has 1 saturated heterocycles. The van der Waals surface area contributed by atoms with Crippen molar-refractivity contribution >= 4 is 33.4 Å². The number of aliphatic hydroxyl groups excluding tert-OH is 3. The molecule has 2 aromatic heterocycles. The predicted molar refractivity (Wildman–Crippen MR) is 112 cm³/mol. The molecule has 1 aliphatic heterocycles. The van der Waals surface area contributed by atoms with Gasteiger partial charge in [-0.25, -0.2) is 0 Å². The fourth-order valence-electron chi connectivity index (χ4n) is 3.63. The zero-order valence-electron chi connectivity index (χ0n) is 16.1. The van der Waals surface area contributed by atoms with Crippen LogP contribution in [0.3, 0.4) is 0 Å². The molecule has 3 aromatic rings. The minimum absolute atomic E-state index is 0.0596. The highest BCUT2D eigenvalue weighted by molar-refractivity contribution is 7.17. The molecular formula is C21H23N3O5S. The molecule has 4 atom stereocenters. The van der Waals surface area contributed by atoms with Crippen LogP contribution >= 0.6 is 11.3 Å². The Hall–Kier alpha value is -2.72. The lowest BCUT2D eigenvalue weighted by atomic mass is 10.00. The first kappa shape index (κ1) is 20.5. The summed E-state index contributed by atoms with van der Waals surface area (Å²) < 4.78 is 0.941. The Bertz CT molecular complexity index is 995. The molecule has 8 nitrogen and oxygen atoms in total. The number of nitrogens with one attached hydrogen (secondary N) is 2. The molecule has 1 aromatic carbocycles. The second-order valence-corrected chi connectivity index (χ2v) is 8.42. The molecule has 0 radical (unpaired) electrons. The molecule has 2 amide bonds. The maximum absolute atomic E-state index is 12.8. The van der Waals surface area contributed by atoms with E-state index in [1.165, 1.54) is 16.2 Å². The van der Waals surface area contributed by atoms with Crippen LogP contribution in [-0.2, 0) is 11.2 Å². The summed E-state index contributed by atoms with van der Waals surface area (Å²) in [6.45, 7) is -0.119. The molecule has 30 heavy (non-hydrogen) atoms. The first-order valence-corrected chi connectivity index (χ1v) is 10.5. The third-order valence-corrected chi connectivity index (χ3v) is 6.17. The number of carbonyl (C=O) groups is 2. The number of rotatable bonds is 6. The van der Waals surface area contributed by atoms with Crippen LogP contribution in [0.25, 0.3) is 10.2 Å². The van der Waals surface area contributed by atoms with Crippen molar-refractivity contribution in [2.45, 2.75) is 30.8 Å². The fraction of sp³-hybridized carbons (Fsp3) is 0.333. The Balaban J connectivity index is 1.53. The minimum atomic E-state index is -1.53. The van der Waals surface area contributed by atoms with Crippen molar-refractivity contribution < 1.29 is 24.9 Å². The molecule has 5 N–H and O–H groups in total. The average molecular weight is 429 g/mol. The van der Waals surface area contributed by atoms with Gasteiger partial charge in [-0.3, -0.25) is 9.59 Å². The summed E-state index contributed by atoms with van der Waals surface area (Å²) in [5.41, 5.74) is 2.05. The van der Waals surface area contributed by atoms with Gasteiger partial charge in [0.25, 0.3) is 11.8 Å². The van der Waals surface area contributed by atoms with Gasteiger partial charge in [-0.1, -0.05) is 30.3 Å². The van der Waals surface area contributed by atoms with Crippen molar-refractivity contribution in [2.24, 2.45) is 0 Å². The van der Waals surface area contributed by atoms with Gasteiger partial charge in [-0.05, 0) is 29.5 Å². The highest BCUT2D eigenvalue weighted by atomic mass is 32.1. The van der Waals surface area contributed by atoms with Crippen LogP contribution in [0.15, 0.2) is 47.8 Å². The van der Waals surface area contributed by atoms with Gasteiger partial charge in [-0.2, -0.15) is 0 Å². The van der Waals surface area contributed by atoms with Crippen molar-refractivity contribution in [1.29, 1.82) is 0 Å². The minimum Gasteiger partial charge on any atom is -0.388 e. The third kappa shape index (κ3) is 4.24. The van der Waals surface area contributed by atoms with Gasteiger partial charge in [0.05, 0.1) is 28.5 Å². The Labute approximate surface area is 176 Å². The third-order valence-electron chi connectivity index (χ3n) is 5.30. The summed E-state index contributed by atoms with van der Waals surface area (Å²) in [6, 6.07) is 12.0. The number of carbonyl (C=O) groups excluding carboxylic acids is 2. The normalized spacial score (nSPS) is 21.0. The van der Waals surface area contributed by atoms with Crippen LogP contribution < -0.4 is 5.32 Å². The molecule has 3 heterocycles. The number of likely N-dealkylation sites (tertiary alicyclic amines) is 1. The quantitative estimate of drug-likeness (QED) is 0.390. The van der Waals surface area contributed by atoms with Crippen molar-refractivity contribution in [2.75, 3.05) is 13.1 Å². The van der Waals surface area contributed by atoms with Gasteiger partial charge >= 0.3 is 0 Å². The second kappa shape index (κ2) is 8.57. The Kier molecular flexibility index (Phi) is 5.87. The van der Waals surface area contributed by atoms with Gasteiger partial charge in [0, 0.05) is 13.1 Å². The van der Waals surface area contributed by atoms with Gasteiger partial charge < -0.3 is 30.5 Å². The molecule has 0 saturated carbocycles. The largest absolute Gasteiger partial charge is 0.388 e. The SMILES string of the molecule is O=C(N[C@@H](Cc1ccccc1)[C@@H](O)C(=O)N1C[C@@H](O)[C@@H](O)C1)c1cc2sccc2[nH]1. The van der Waals surface area contributed by atoms with Crippen LogP contribution in [0.4, 0.5) is 0 Å². The van der Waals surface area contributed by atoms with Gasteiger partial charge in [0.15, 0.2) is 6.10 Å². The van der Waals surface area contributed by atoms with E-state index in [4.69, 9.17) is 0 Å². The maximum atomic E-state index is 12.8. The maximum Gasteiger partial charge on any atom is 0.268 e. The molecular weight excluding hydrogens is 406 g/mol. The van der Waals surface area contributed by atoms with Gasteiger partial charge in [-0.15, -0.1) is 11.3 Å². The van der Waals surface area contributed by atoms with Crippen LogP contribution in [0.5, 0.6) is 0 Å². The van der Waals surface area contributed by atoms with E-state index in [1.807, 2.05) is 41.8 Å². The van der Waals surface area contributed by atoms with E-state index in [0.717, 1.165) is 15.8 Å². The second-order valence-electron chi connectivity index (χ2n) is 7.47. The van der Waals surface area contributed by atoms with E-state index in [0.29, 0.717) is 5.69 Å². The molecule has 1 fully saturated rings. The highest BCUT2D eigenvalue weighted by Gasteiger charge is 2.38. The zero-order valence-corrected chi connectivity index (χ0v) is 16.9. The number of amides is 2. The summed E-state index contributed by atoms with van der Waals surface area (Å²) in [5.74, 6) is -1.06. The average Bonchev–Trinajstić information content (AvgIpc) is 3.42. The first-order chi connectivity index (χ1) is 14.4. The van der Waals surface area contributed by atoms with E-state index in [1.54, 1.807) is 6.07 Å². The van der Waals surface area contributed by atoms with E-state index >= 15 is 0 Å².